The van der Waals surface area contributed by atoms with E-state index in [4.69, 9.17) is 0 Å². The molecule has 1 unspecified atom stereocenters. The van der Waals surface area contributed by atoms with Crippen molar-refractivity contribution in [2.75, 3.05) is 6.61 Å². The highest BCUT2D eigenvalue weighted by Crippen LogP contribution is 2.12. The summed E-state index contributed by atoms with van der Waals surface area (Å²) >= 11 is 0. The van der Waals surface area contributed by atoms with E-state index in [9.17, 15) is 9.90 Å². The molecule has 4 heteroatoms. The summed E-state index contributed by atoms with van der Waals surface area (Å²) in [4.78, 5) is 16.5. The van der Waals surface area contributed by atoms with Crippen LogP contribution in [0.4, 0.5) is 0 Å². The molecule has 20 heavy (non-hydrogen) atoms. The van der Waals surface area contributed by atoms with Gasteiger partial charge in [-0.05, 0) is 24.5 Å². The van der Waals surface area contributed by atoms with Crippen molar-refractivity contribution >= 4 is 16.8 Å². The summed E-state index contributed by atoms with van der Waals surface area (Å²) in [6, 6.07) is 11.0. The van der Waals surface area contributed by atoms with Gasteiger partial charge in [0.05, 0.1) is 18.2 Å². The highest BCUT2D eigenvalue weighted by atomic mass is 16.3. The van der Waals surface area contributed by atoms with Crippen LogP contribution in [0, 0.1) is 5.92 Å². The van der Waals surface area contributed by atoms with E-state index in [1.54, 1.807) is 6.07 Å². The normalized spacial score (nSPS) is 12.6. The second kappa shape index (κ2) is 6.48. The van der Waals surface area contributed by atoms with E-state index in [1.165, 1.54) is 0 Å². The lowest BCUT2D eigenvalue weighted by Crippen LogP contribution is -2.38. The average Bonchev–Trinajstić information content (AvgIpc) is 2.45. The number of fused-ring (bicyclic) bond motifs is 1. The monoisotopic (exact) mass is 272 g/mol. The van der Waals surface area contributed by atoms with E-state index in [0.717, 1.165) is 17.3 Å². The van der Waals surface area contributed by atoms with Crippen molar-refractivity contribution < 1.29 is 9.90 Å². The van der Waals surface area contributed by atoms with Crippen molar-refractivity contribution in [1.29, 1.82) is 0 Å². The van der Waals surface area contributed by atoms with E-state index < -0.39 is 0 Å². The predicted octanol–water partition coefficient (Wildman–Crippen LogP) is 2.37. The molecule has 0 spiro atoms. The Labute approximate surface area is 118 Å². The highest BCUT2D eigenvalue weighted by molar-refractivity contribution is 5.95. The fourth-order valence-electron chi connectivity index (χ4n) is 2.20. The number of aliphatic hydroxyl groups is 1. The molecular weight excluding hydrogens is 252 g/mol. The minimum Gasteiger partial charge on any atom is -0.394 e. The number of pyridine rings is 1. The van der Waals surface area contributed by atoms with E-state index in [-0.39, 0.29) is 18.6 Å². The number of nitrogens with one attached hydrogen (secondary N) is 1. The molecular formula is C16H20N2O2. The predicted molar refractivity (Wildman–Crippen MR) is 79.5 cm³/mol. The molecule has 1 atom stereocenters. The summed E-state index contributed by atoms with van der Waals surface area (Å²) in [6.07, 6.45) is 0.746. The molecule has 0 radical (unpaired) electrons. The molecule has 2 rings (SSSR count). The van der Waals surface area contributed by atoms with Crippen molar-refractivity contribution in [2.24, 2.45) is 5.92 Å². The molecule has 0 bridgehead atoms. The molecule has 0 fully saturated rings. The Hall–Kier alpha value is -1.94. The second-order valence-corrected chi connectivity index (χ2v) is 5.37. The van der Waals surface area contributed by atoms with Crippen molar-refractivity contribution in [1.82, 2.24) is 10.3 Å². The molecule has 0 saturated carbocycles. The quantitative estimate of drug-likeness (QED) is 0.878. The SMILES string of the molecule is CC(C)CC(CO)NC(=O)c1ccc2ccccc2n1. The Morgan fingerprint density at radius 1 is 1.25 bits per heavy atom. The lowest BCUT2D eigenvalue weighted by Gasteiger charge is -2.18. The molecule has 106 valence electrons. The molecule has 0 aliphatic heterocycles. The highest BCUT2D eigenvalue weighted by Gasteiger charge is 2.15. The first-order valence-corrected chi connectivity index (χ1v) is 6.87. The van der Waals surface area contributed by atoms with Gasteiger partial charge in [0.2, 0.25) is 0 Å². The summed E-state index contributed by atoms with van der Waals surface area (Å²) in [5, 5.41) is 13.1. The zero-order chi connectivity index (χ0) is 14.5. The van der Waals surface area contributed by atoms with E-state index in [0.29, 0.717) is 11.6 Å². The van der Waals surface area contributed by atoms with Gasteiger partial charge in [0, 0.05) is 5.39 Å². The third-order valence-corrected chi connectivity index (χ3v) is 3.14. The first kappa shape index (κ1) is 14.5. The molecule has 0 aliphatic rings. The number of nitrogens with zero attached hydrogens (tertiary/aromatic N) is 1. The van der Waals surface area contributed by atoms with Gasteiger partial charge in [0.25, 0.3) is 5.91 Å². The number of para-hydroxylation sites is 1. The van der Waals surface area contributed by atoms with Gasteiger partial charge in [0.1, 0.15) is 5.69 Å². The standard InChI is InChI=1S/C16H20N2O2/c1-11(2)9-13(10-19)17-16(20)15-8-7-12-5-3-4-6-14(12)18-15/h3-8,11,13,19H,9-10H2,1-2H3,(H,17,20). The van der Waals surface area contributed by atoms with Crippen LogP contribution in [0.3, 0.4) is 0 Å². The lowest BCUT2D eigenvalue weighted by molar-refractivity contribution is 0.0903. The van der Waals surface area contributed by atoms with Crippen LogP contribution in [-0.4, -0.2) is 28.6 Å². The Kier molecular flexibility index (Phi) is 4.69. The van der Waals surface area contributed by atoms with Gasteiger partial charge in [-0.3, -0.25) is 4.79 Å². The topological polar surface area (TPSA) is 62.2 Å². The average molecular weight is 272 g/mol. The van der Waals surface area contributed by atoms with E-state index >= 15 is 0 Å². The maximum absolute atomic E-state index is 12.2. The molecule has 0 aliphatic carbocycles. The van der Waals surface area contributed by atoms with Crippen LogP contribution in [0.25, 0.3) is 10.9 Å². The maximum Gasteiger partial charge on any atom is 0.270 e. The van der Waals surface area contributed by atoms with Crippen molar-refractivity contribution in [2.45, 2.75) is 26.3 Å². The lowest BCUT2D eigenvalue weighted by atomic mass is 10.0. The van der Waals surface area contributed by atoms with Crippen LogP contribution in [0.5, 0.6) is 0 Å². The third-order valence-electron chi connectivity index (χ3n) is 3.14. The van der Waals surface area contributed by atoms with Gasteiger partial charge in [-0.25, -0.2) is 4.98 Å². The Morgan fingerprint density at radius 2 is 2.00 bits per heavy atom. The van der Waals surface area contributed by atoms with Crippen LogP contribution in [0.1, 0.15) is 30.8 Å². The number of hydrogen-bond donors (Lipinski definition) is 2. The first-order valence-electron chi connectivity index (χ1n) is 6.87. The number of aliphatic hydroxyl groups excluding tert-OH is 1. The summed E-state index contributed by atoms with van der Waals surface area (Å²) in [5.41, 5.74) is 1.18. The van der Waals surface area contributed by atoms with Crippen molar-refractivity contribution in [3.05, 3.63) is 42.1 Å². The van der Waals surface area contributed by atoms with Crippen LogP contribution in [0.15, 0.2) is 36.4 Å². The van der Waals surface area contributed by atoms with Crippen LogP contribution in [0.2, 0.25) is 0 Å². The molecule has 1 aromatic carbocycles. The zero-order valence-corrected chi connectivity index (χ0v) is 11.8. The number of carbonyl (C=O) groups is 1. The van der Waals surface area contributed by atoms with Gasteiger partial charge in [-0.2, -0.15) is 0 Å². The molecule has 2 N–H and O–H groups in total. The van der Waals surface area contributed by atoms with Gasteiger partial charge in [0.15, 0.2) is 0 Å². The Morgan fingerprint density at radius 3 is 2.70 bits per heavy atom. The minimum absolute atomic E-state index is 0.0580. The van der Waals surface area contributed by atoms with E-state index in [1.807, 2.05) is 30.3 Å². The first-order chi connectivity index (χ1) is 9.60. The Balaban J connectivity index is 2.14. The van der Waals surface area contributed by atoms with Crippen LogP contribution >= 0.6 is 0 Å². The minimum atomic E-state index is -0.240. The van der Waals surface area contributed by atoms with Crippen LogP contribution < -0.4 is 5.32 Å². The molecule has 2 aromatic rings. The molecule has 0 saturated heterocycles. The Bertz CT molecular complexity index is 596. The smallest absolute Gasteiger partial charge is 0.270 e. The fourth-order valence-corrected chi connectivity index (χ4v) is 2.20. The number of rotatable bonds is 5. The van der Waals surface area contributed by atoms with Gasteiger partial charge in [-0.1, -0.05) is 38.1 Å². The van der Waals surface area contributed by atoms with Crippen molar-refractivity contribution in [3.8, 4) is 0 Å². The summed E-state index contributed by atoms with van der Waals surface area (Å²) in [7, 11) is 0. The zero-order valence-electron chi connectivity index (χ0n) is 11.8. The number of hydrogen-bond acceptors (Lipinski definition) is 3. The van der Waals surface area contributed by atoms with Crippen LogP contribution in [-0.2, 0) is 0 Å². The molecule has 1 aromatic heterocycles. The number of amides is 1. The van der Waals surface area contributed by atoms with Gasteiger partial charge in [-0.15, -0.1) is 0 Å². The van der Waals surface area contributed by atoms with Gasteiger partial charge >= 0.3 is 0 Å². The molecule has 4 nitrogen and oxygen atoms in total. The number of aromatic nitrogens is 1. The maximum atomic E-state index is 12.2. The van der Waals surface area contributed by atoms with Crippen molar-refractivity contribution in [3.63, 3.8) is 0 Å². The third kappa shape index (κ3) is 3.54. The fraction of sp³-hybridized carbons (Fsp3) is 0.375. The van der Waals surface area contributed by atoms with Gasteiger partial charge < -0.3 is 10.4 Å². The largest absolute Gasteiger partial charge is 0.394 e. The summed E-state index contributed by atoms with van der Waals surface area (Å²) in [5.74, 6) is 0.174. The number of benzene rings is 1. The number of carbonyl (C=O) groups excluding carboxylic acids is 1. The summed E-state index contributed by atoms with van der Waals surface area (Å²) in [6.45, 7) is 4.06. The molecule has 1 heterocycles. The molecule has 1 amide bonds. The van der Waals surface area contributed by atoms with E-state index in [2.05, 4.69) is 24.1 Å². The second-order valence-electron chi connectivity index (χ2n) is 5.37. The summed E-state index contributed by atoms with van der Waals surface area (Å²) < 4.78 is 0.